The molecule has 0 fully saturated rings. The van der Waals surface area contributed by atoms with Gasteiger partial charge in [-0.1, -0.05) is 85.0 Å². The Hall–Kier alpha value is -0.480. The monoisotopic (exact) mass is 568 g/mol. The second-order valence-electron chi connectivity index (χ2n) is 11.3. The van der Waals surface area contributed by atoms with E-state index in [0.29, 0.717) is 19.3 Å². The van der Waals surface area contributed by atoms with Gasteiger partial charge in [-0.3, -0.25) is 14.4 Å². The minimum atomic E-state index is -4.56. The van der Waals surface area contributed by atoms with E-state index in [4.69, 9.17) is 5.73 Å². The van der Waals surface area contributed by atoms with Gasteiger partial charge in [0.2, 0.25) is 11.8 Å². The number of carbonyl (C=O) groups is 3. The maximum absolute atomic E-state index is 13.0. The van der Waals surface area contributed by atoms with Gasteiger partial charge in [0, 0.05) is 29.7 Å². The predicted octanol–water partition coefficient (Wildman–Crippen LogP) is 2.24. The van der Waals surface area contributed by atoms with E-state index in [9.17, 15) is 27.4 Å². The van der Waals surface area contributed by atoms with Crippen LogP contribution in [-0.4, -0.2) is 41.9 Å². The van der Waals surface area contributed by atoms with Crippen LogP contribution in [0, 0.1) is 17.8 Å². The van der Waals surface area contributed by atoms with Gasteiger partial charge in [-0.05, 0) is 39.5 Å². The number of ketones is 1. The van der Waals surface area contributed by atoms with E-state index in [1.807, 2.05) is 6.92 Å². The van der Waals surface area contributed by atoms with Crippen LogP contribution in [0.5, 0.6) is 0 Å². The molecule has 0 saturated heterocycles. The molecule has 0 aliphatic carbocycles. The average Bonchev–Trinajstić information content (AvgIpc) is 2.77. The molecule has 3 unspecified atom stereocenters. The van der Waals surface area contributed by atoms with Crippen molar-refractivity contribution in [3.8, 4) is 0 Å². The number of primary amides is 1. The van der Waals surface area contributed by atoms with Crippen molar-refractivity contribution >= 4 is 27.7 Å². The quantitative estimate of drug-likeness (QED) is 0.110. The topological polar surface area (TPSA) is 146 Å². The van der Waals surface area contributed by atoms with Crippen molar-refractivity contribution in [3.63, 3.8) is 0 Å². The summed E-state index contributed by atoms with van der Waals surface area (Å²) in [5, 5.41) is 2.60. The molecular weight excluding hydrogens is 515 g/mol. The molecule has 0 aliphatic heterocycles. The Kier molecular flexibility index (Phi) is 22.2. The molecule has 3 atom stereocenters. The van der Waals surface area contributed by atoms with Crippen LogP contribution in [0.3, 0.4) is 0 Å². The van der Waals surface area contributed by atoms with E-state index in [1.165, 1.54) is 65.2 Å². The van der Waals surface area contributed by atoms with Crippen LogP contribution in [0.25, 0.3) is 0 Å². The molecule has 0 aromatic rings. The normalized spacial score (nSPS) is 14.3. The number of unbranched alkanes of at least 4 members (excludes halogenated alkanes) is 10. The summed E-state index contributed by atoms with van der Waals surface area (Å²) in [4.78, 5) is 37.7. The first kappa shape index (κ1) is 39.7. The molecule has 218 valence electrons. The second kappa shape index (κ2) is 21.3. The molecule has 0 aromatic carbocycles. The third-order valence-electron chi connectivity index (χ3n) is 7.11. The van der Waals surface area contributed by atoms with Crippen LogP contribution in [0.2, 0.25) is 0 Å². The Morgan fingerprint density at radius 2 is 1.32 bits per heavy atom. The first-order valence-electron chi connectivity index (χ1n) is 14.3. The molecule has 0 aliphatic rings. The average molecular weight is 569 g/mol. The van der Waals surface area contributed by atoms with Gasteiger partial charge in [0.1, 0.15) is 5.78 Å². The smallest absolute Gasteiger partial charge is 0.748 e. The van der Waals surface area contributed by atoms with E-state index in [-0.39, 0.29) is 47.7 Å². The number of nitrogens with two attached hydrogens (primary N) is 1. The Labute approximate surface area is 254 Å². The number of hydrogen-bond acceptors (Lipinski definition) is 6. The van der Waals surface area contributed by atoms with Crippen molar-refractivity contribution in [2.24, 2.45) is 23.5 Å². The minimum absolute atomic E-state index is 0. The van der Waals surface area contributed by atoms with E-state index >= 15 is 0 Å². The van der Waals surface area contributed by atoms with E-state index in [2.05, 4.69) is 12.2 Å². The molecule has 0 bridgehead atoms. The molecule has 0 heterocycles. The van der Waals surface area contributed by atoms with Crippen LogP contribution in [0.15, 0.2) is 0 Å². The fourth-order valence-corrected chi connectivity index (χ4v) is 5.86. The van der Waals surface area contributed by atoms with Gasteiger partial charge in [-0.2, -0.15) is 0 Å². The van der Waals surface area contributed by atoms with E-state index in [0.717, 1.165) is 19.3 Å². The zero-order valence-corrected chi connectivity index (χ0v) is 27.8. The maximum Gasteiger partial charge on any atom is 1.00 e. The summed E-state index contributed by atoms with van der Waals surface area (Å²) in [6.07, 6.45) is 15.0. The van der Waals surface area contributed by atoms with E-state index < -0.39 is 45.1 Å². The van der Waals surface area contributed by atoms with Gasteiger partial charge in [0.05, 0.1) is 15.9 Å². The summed E-state index contributed by atoms with van der Waals surface area (Å²) >= 11 is 0. The third-order valence-corrected chi connectivity index (χ3v) is 8.19. The Balaban J connectivity index is 0. The molecule has 38 heavy (non-hydrogen) atoms. The summed E-state index contributed by atoms with van der Waals surface area (Å²) in [7, 11) is -4.56. The van der Waals surface area contributed by atoms with Crippen LogP contribution in [-0.2, 0) is 24.5 Å². The minimum Gasteiger partial charge on any atom is -0.748 e. The zero-order valence-electron chi connectivity index (χ0n) is 25.0. The Bertz CT molecular complexity index is 788. The van der Waals surface area contributed by atoms with Gasteiger partial charge in [0.25, 0.3) is 0 Å². The molecule has 10 heteroatoms. The van der Waals surface area contributed by atoms with Crippen LogP contribution < -0.4 is 40.6 Å². The number of carbonyl (C=O) groups excluding carboxylic acids is 3. The van der Waals surface area contributed by atoms with Gasteiger partial charge >= 0.3 is 29.6 Å². The van der Waals surface area contributed by atoms with Gasteiger partial charge < -0.3 is 15.6 Å². The molecule has 8 nitrogen and oxygen atoms in total. The summed E-state index contributed by atoms with van der Waals surface area (Å²) in [5.74, 6) is -3.54. The Morgan fingerprint density at radius 3 is 1.74 bits per heavy atom. The summed E-state index contributed by atoms with van der Waals surface area (Å²) < 4.78 is 33.6. The maximum atomic E-state index is 13.0. The largest absolute Gasteiger partial charge is 1.00 e. The molecule has 2 amide bonds. The van der Waals surface area contributed by atoms with Crippen molar-refractivity contribution < 1.29 is 56.9 Å². The molecule has 0 aromatic heterocycles. The van der Waals surface area contributed by atoms with Crippen LogP contribution >= 0.6 is 0 Å². The summed E-state index contributed by atoms with van der Waals surface area (Å²) in [5.41, 5.74) is 4.25. The number of hydrogen-bond donors (Lipinski definition) is 2. The van der Waals surface area contributed by atoms with Crippen molar-refractivity contribution in [1.82, 2.24) is 5.32 Å². The summed E-state index contributed by atoms with van der Waals surface area (Å²) in [6.45, 7) is 8.72. The molecule has 3 N–H and O–H groups in total. The van der Waals surface area contributed by atoms with Crippen molar-refractivity contribution in [1.29, 1.82) is 0 Å². The fourth-order valence-electron chi connectivity index (χ4n) is 4.90. The first-order chi connectivity index (χ1) is 17.2. The number of amides is 2. The number of Topliss-reactive ketones (excluding diaryl/α,β-unsaturated/α-hetero) is 1. The van der Waals surface area contributed by atoms with Crippen LogP contribution in [0.4, 0.5) is 0 Å². The first-order valence-corrected chi connectivity index (χ1v) is 15.9. The predicted molar refractivity (Wildman–Crippen MR) is 148 cm³/mol. The molecule has 0 spiro atoms. The van der Waals surface area contributed by atoms with Crippen molar-refractivity contribution in [3.05, 3.63) is 0 Å². The third kappa shape index (κ3) is 19.6. The fraction of sp³-hybridized carbons (Fsp3) is 0.893. The van der Waals surface area contributed by atoms with Gasteiger partial charge in [-0.25, -0.2) is 8.42 Å². The molecule has 0 saturated carbocycles. The van der Waals surface area contributed by atoms with Gasteiger partial charge in [0.15, 0.2) is 0 Å². The van der Waals surface area contributed by atoms with Crippen LogP contribution in [0.1, 0.15) is 131 Å². The SMILES string of the molecule is CCCCCCCCCCCCCC(=O)C(C)CCC(C(=O)NC(C)(C)CS(=O)(=O)[O-])C(CC)C(N)=O.[Na+]. The molecular formula is C28H53N2NaO6S. The molecule has 0 rings (SSSR count). The van der Waals surface area contributed by atoms with Crippen molar-refractivity contribution in [2.45, 2.75) is 136 Å². The molecule has 0 radical (unpaired) electrons. The standard InChI is InChI=1S/C28H54N2O6S.Na/c1-6-8-9-10-11-12-13-14-15-16-17-18-25(31)22(3)19-20-24(23(7-2)26(29)32)27(33)30-28(4,5)21-37(34,35)36;/h22-24H,6-21H2,1-5H3,(H2,29,32)(H,30,33)(H,34,35,36);/q;+1/p-1. The van der Waals surface area contributed by atoms with Crippen molar-refractivity contribution in [2.75, 3.05) is 5.75 Å². The Morgan fingerprint density at radius 1 is 0.842 bits per heavy atom. The number of rotatable bonds is 23. The zero-order chi connectivity index (χ0) is 28.5. The van der Waals surface area contributed by atoms with E-state index in [1.54, 1.807) is 6.92 Å². The van der Waals surface area contributed by atoms with Gasteiger partial charge in [-0.15, -0.1) is 0 Å². The number of nitrogens with one attached hydrogen (secondary N) is 1. The second-order valence-corrected chi connectivity index (χ2v) is 12.7. The summed E-state index contributed by atoms with van der Waals surface area (Å²) in [6, 6.07) is 0.